The lowest BCUT2D eigenvalue weighted by atomic mass is 9.87. The second-order valence-corrected chi connectivity index (χ2v) is 10.9. The van der Waals surface area contributed by atoms with Gasteiger partial charge in [0.05, 0.1) is 23.4 Å². The topological polar surface area (TPSA) is 65.1 Å². The van der Waals surface area contributed by atoms with E-state index in [-0.39, 0.29) is 5.91 Å². The van der Waals surface area contributed by atoms with Crippen LogP contribution in [0.1, 0.15) is 55.2 Å². The number of hydrogen-bond donors (Lipinski definition) is 1. The first kappa shape index (κ1) is 23.0. The van der Waals surface area contributed by atoms with Gasteiger partial charge in [0, 0.05) is 24.0 Å². The Morgan fingerprint density at radius 3 is 2.71 bits per heavy atom. The Hall–Kier alpha value is -2.77. The van der Waals surface area contributed by atoms with E-state index in [1.165, 1.54) is 16.5 Å². The van der Waals surface area contributed by atoms with E-state index >= 15 is 0 Å². The summed E-state index contributed by atoms with van der Waals surface area (Å²) in [4.78, 5) is 30.5. The number of piperidine rings is 1. The number of fused-ring (bicyclic) bond motifs is 2. The number of aromatic nitrogens is 3. The second-order valence-electron chi connectivity index (χ2n) is 10.1. The van der Waals surface area contributed by atoms with Crippen molar-refractivity contribution in [1.29, 1.82) is 0 Å². The van der Waals surface area contributed by atoms with Gasteiger partial charge in [-0.3, -0.25) is 4.79 Å². The van der Waals surface area contributed by atoms with Crippen molar-refractivity contribution in [3.05, 3.63) is 46.5 Å². The number of aryl methyl sites for hydroxylation is 1. The molecule has 0 bridgehead atoms. The van der Waals surface area contributed by atoms with E-state index in [9.17, 15) is 4.79 Å². The molecule has 1 aromatic carbocycles. The number of nitrogens with one attached hydrogen (secondary N) is 1. The third-order valence-corrected chi connectivity index (χ3v) is 7.68. The van der Waals surface area contributed by atoms with Crippen LogP contribution in [-0.2, 0) is 4.79 Å². The summed E-state index contributed by atoms with van der Waals surface area (Å²) in [6.07, 6.45) is 2.03. The van der Waals surface area contributed by atoms with Crippen LogP contribution in [0.25, 0.3) is 32.6 Å². The van der Waals surface area contributed by atoms with Crippen molar-refractivity contribution in [3.8, 4) is 11.4 Å². The summed E-state index contributed by atoms with van der Waals surface area (Å²) < 4.78 is 0. The molecule has 1 N–H and O–H groups in total. The Morgan fingerprint density at radius 1 is 1.24 bits per heavy atom. The minimum absolute atomic E-state index is 0.233. The average Bonchev–Trinajstić information content (AvgIpc) is 3.43. The summed E-state index contributed by atoms with van der Waals surface area (Å²) in [7, 11) is 3.90. The number of nitrogens with zero attached hydrogens (tertiary/aromatic N) is 4. The molecule has 4 aromatic rings. The van der Waals surface area contributed by atoms with E-state index in [1.807, 2.05) is 29.4 Å². The summed E-state index contributed by atoms with van der Waals surface area (Å²) in [5.74, 6) is 1.08. The number of benzene rings is 1. The van der Waals surface area contributed by atoms with Crippen LogP contribution < -0.4 is 0 Å². The van der Waals surface area contributed by atoms with Gasteiger partial charge < -0.3 is 14.8 Å². The largest absolute Gasteiger partial charge is 0.353 e. The number of hydrogen-bond acceptors (Lipinski definition) is 5. The molecule has 1 amide bonds. The predicted molar refractivity (Wildman–Crippen MR) is 141 cm³/mol. The van der Waals surface area contributed by atoms with Crippen LogP contribution in [0.15, 0.2) is 29.8 Å². The summed E-state index contributed by atoms with van der Waals surface area (Å²) >= 11 is 1.59. The minimum Gasteiger partial charge on any atom is -0.353 e. The fraction of sp³-hybridized carbons (Fsp3) is 0.444. The van der Waals surface area contributed by atoms with Crippen molar-refractivity contribution in [2.75, 3.05) is 33.7 Å². The maximum absolute atomic E-state index is 12.4. The third kappa shape index (κ3) is 4.23. The first-order valence-electron chi connectivity index (χ1n) is 12.1. The SMILES string of the molecule is Cc1cc(-c2[nH]c3ccc(C4CCN(C(=O)CN(C)C)CC4)cc3c2C(C)C)nc2scnc12. The van der Waals surface area contributed by atoms with E-state index < -0.39 is 0 Å². The maximum Gasteiger partial charge on any atom is 0.236 e. The van der Waals surface area contributed by atoms with Crippen LogP contribution in [0.5, 0.6) is 0 Å². The molecule has 7 heteroatoms. The number of carbonyl (C=O) groups excluding carboxylic acids is 1. The average molecular weight is 476 g/mol. The summed E-state index contributed by atoms with van der Waals surface area (Å²) in [5, 5.41) is 1.29. The lowest BCUT2D eigenvalue weighted by Gasteiger charge is -2.33. The molecular weight excluding hydrogens is 442 g/mol. The zero-order chi connectivity index (χ0) is 24.0. The number of pyridine rings is 1. The van der Waals surface area contributed by atoms with E-state index in [4.69, 9.17) is 4.98 Å². The Balaban J connectivity index is 1.47. The van der Waals surface area contributed by atoms with Crippen LogP contribution in [0.2, 0.25) is 0 Å². The van der Waals surface area contributed by atoms with Crippen molar-refractivity contribution < 1.29 is 4.79 Å². The number of likely N-dealkylation sites (N-methyl/N-ethyl adjacent to an activating group) is 1. The van der Waals surface area contributed by atoms with Gasteiger partial charge >= 0.3 is 0 Å². The first-order chi connectivity index (χ1) is 16.3. The summed E-state index contributed by atoms with van der Waals surface area (Å²) in [5.41, 5.74) is 9.99. The Morgan fingerprint density at radius 2 is 2.00 bits per heavy atom. The quantitative estimate of drug-likeness (QED) is 0.412. The standard InChI is InChI=1S/C27H33N5OS/c1-16(2)24-20-13-19(18-8-10-32(11-9-18)23(33)14-31(4)5)6-7-21(20)29-26(24)22-12-17(3)25-27(30-22)34-15-28-25/h6-7,12-13,15-16,18,29H,8-11,14H2,1-5H3. The number of likely N-dealkylation sites (tertiary alicyclic amines) is 1. The molecule has 0 spiro atoms. The first-order valence-corrected chi connectivity index (χ1v) is 13.0. The third-order valence-electron chi connectivity index (χ3n) is 6.96. The van der Waals surface area contributed by atoms with Crippen molar-refractivity contribution >= 4 is 38.5 Å². The van der Waals surface area contributed by atoms with Gasteiger partial charge in [-0.25, -0.2) is 9.97 Å². The van der Waals surface area contributed by atoms with Gasteiger partial charge in [-0.1, -0.05) is 19.9 Å². The number of H-pyrrole nitrogens is 1. The van der Waals surface area contributed by atoms with Crippen LogP contribution in [0, 0.1) is 6.92 Å². The number of aromatic amines is 1. The van der Waals surface area contributed by atoms with Gasteiger partial charge in [0.25, 0.3) is 0 Å². The molecule has 0 unspecified atom stereocenters. The number of thiazole rings is 1. The van der Waals surface area contributed by atoms with Crippen molar-refractivity contribution in [1.82, 2.24) is 24.8 Å². The van der Waals surface area contributed by atoms with Gasteiger partial charge in [0.1, 0.15) is 10.3 Å². The second kappa shape index (κ2) is 9.12. The molecule has 1 aliphatic heterocycles. The smallest absolute Gasteiger partial charge is 0.236 e. The van der Waals surface area contributed by atoms with E-state index in [1.54, 1.807) is 11.3 Å². The summed E-state index contributed by atoms with van der Waals surface area (Å²) in [6, 6.07) is 9.02. The fourth-order valence-electron chi connectivity index (χ4n) is 5.25. The van der Waals surface area contributed by atoms with E-state index in [0.717, 1.165) is 58.7 Å². The highest BCUT2D eigenvalue weighted by Gasteiger charge is 2.25. The maximum atomic E-state index is 12.4. The molecule has 0 aliphatic carbocycles. The van der Waals surface area contributed by atoms with Gasteiger partial charge in [0.15, 0.2) is 0 Å². The van der Waals surface area contributed by atoms with Gasteiger partial charge in [-0.2, -0.15) is 0 Å². The molecule has 0 saturated carbocycles. The zero-order valence-corrected chi connectivity index (χ0v) is 21.5. The Kier molecular flexibility index (Phi) is 6.16. The van der Waals surface area contributed by atoms with Gasteiger partial charge in [-0.05, 0) is 80.6 Å². The molecule has 0 radical (unpaired) electrons. The molecule has 1 fully saturated rings. The highest BCUT2D eigenvalue weighted by molar-refractivity contribution is 7.16. The zero-order valence-electron chi connectivity index (χ0n) is 20.7. The fourth-order valence-corrected chi connectivity index (χ4v) is 5.99. The molecular formula is C27H33N5OS. The van der Waals surface area contributed by atoms with Crippen LogP contribution in [0.4, 0.5) is 0 Å². The van der Waals surface area contributed by atoms with Crippen molar-refractivity contribution in [2.24, 2.45) is 0 Å². The Labute approximate surface area is 205 Å². The lowest BCUT2D eigenvalue weighted by Crippen LogP contribution is -2.42. The number of amides is 1. The number of rotatable bonds is 5. The molecule has 178 valence electrons. The molecule has 3 aromatic heterocycles. The highest BCUT2D eigenvalue weighted by atomic mass is 32.1. The van der Waals surface area contributed by atoms with E-state index in [0.29, 0.717) is 18.4 Å². The predicted octanol–water partition coefficient (Wildman–Crippen LogP) is 5.54. The molecule has 5 rings (SSSR count). The highest BCUT2D eigenvalue weighted by Crippen LogP contribution is 2.38. The van der Waals surface area contributed by atoms with E-state index in [2.05, 4.69) is 55.0 Å². The molecule has 4 heterocycles. The van der Waals surface area contributed by atoms with Crippen LogP contribution in [0.3, 0.4) is 0 Å². The molecule has 1 saturated heterocycles. The molecule has 0 atom stereocenters. The van der Waals surface area contributed by atoms with Gasteiger partial charge in [-0.15, -0.1) is 11.3 Å². The lowest BCUT2D eigenvalue weighted by molar-refractivity contribution is -0.132. The Bertz CT molecular complexity index is 1340. The van der Waals surface area contributed by atoms with Crippen molar-refractivity contribution in [2.45, 2.75) is 45.4 Å². The number of carbonyl (C=O) groups is 1. The van der Waals surface area contributed by atoms with Crippen molar-refractivity contribution in [3.63, 3.8) is 0 Å². The minimum atomic E-state index is 0.233. The van der Waals surface area contributed by atoms with Crippen LogP contribution in [-0.4, -0.2) is 64.4 Å². The summed E-state index contributed by atoms with van der Waals surface area (Å²) in [6.45, 7) is 8.78. The normalized spacial score (nSPS) is 15.3. The molecule has 34 heavy (non-hydrogen) atoms. The molecule has 1 aliphatic rings. The monoisotopic (exact) mass is 475 g/mol. The van der Waals surface area contributed by atoms with Gasteiger partial charge in [0.2, 0.25) is 5.91 Å². The van der Waals surface area contributed by atoms with Crippen LogP contribution >= 0.6 is 11.3 Å². The molecule has 6 nitrogen and oxygen atoms in total.